The Kier molecular flexibility index (Phi) is 4.02. The van der Waals surface area contributed by atoms with Crippen molar-refractivity contribution in [2.24, 2.45) is 18.9 Å². The highest BCUT2D eigenvalue weighted by molar-refractivity contribution is 5.80. The molecule has 1 aromatic rings. The average molecular weight is 291 g/mol. The minimum atomic E-state index is 0.145. The highest BCUT2D eigenvalue weighted by atomic mass is 16.5. The number of carbonyl (C=O) groups is 1. The summed E-state index contributed by atoms with van der Waals surface area (Å²) in [5, 5.41) is 4.22. The molecule has 0 bridgehead atoms. The smallest absolute Gasteiger partial charge is 0.226 e. The SMILES string of the molecule is CO[C@H]1CCN(C(=O)C2CC(C)C2)[C@H]1Cc1cnn(C)c1. The van der Waals surface area contributed by atoms with Crippen LogP contribution < -0.4 is 0 Å². The molecule has 1 saturated carbocycles. The van der Waals surface area contributed by atoms with E-state index in [1.807, 2.05) is 24.1 Å². The van der Waals surface area contributed by atoms with E-state index in [9.17, 15) is 4.79 Å². The molecule has 1 aliphatic heterocycles. The molecular formula is C16H25N3O2. The Labute approximate surface area is 126 Å². The van der Waals surface area contributed by atoms with Crippen LogP contribution >= 0.6 is 0 Å². The Hall–Kier alpha value is -1.36. The number of aromatic nitrogens is 2. The van der Waals surface area contributed by atoms with E-state index >= 15 is 0 Å². The van der Waals surface area contributed by atoms with Gasteiger partial charge in [0, 0.05) is 32.8 Å². The van der Waals surface area contributed by atoms with Crippen LogP contribution in [0.4, 0.5) is 0 Å². The van der Waals surface area contributed by atoms with Gasteiger partial charge in [-0.15, -0.1) is 0 Å². The minimum Gasteiger partial charge on any atom is -0.379 e. The van der Waals surface area contributed by atoms with Gasteiger partial charge in [-0.3, -0.25) is 9.48 Å². The molecule has 116 valence electrons. The second kappa shape index (κ2) is 5.79. The lowest BCUT2D eigenvalue weighted by atomic mass is 9.75. The molecule has 1 amide bonds. The fourth-order valence-electron chi connectivity index (χ4n) is 3.77. The van der Waals surface area contributed by atoms with Gasteiger partial charge in [0.1, 0.15) is 0 Å². The number of hydrogen-bond donors (Lipinski definition) is 0. The number of likely N-dealkylation sites (tertiary alicyclic amines) is 1. The standard InChI is InChI=1S/C16H25N3O2/c1-11-6-13(7-11)16(20)19-5-4-15(21-3)14(19)8-12-9-17-18(2)10-12/h9-11,13-15H,4-8H2,1-3H3/t11?,13?,14-,15-/m0/s1. The highest BCUT2D eigenvalue weighted by Crippen LogP contribution is 2.36. The minimum absolute atomic E-state index is 0.145. The van der Waals surface area contributed by atoms with E-state index in [-0.39, 0.29) is 18.1 Å². The van der Waals surface area contributed by atoms with E-state index in [4.69, 9.17) is 4.74 Å². The summed E-state index contributed by atoms with van der Waals surface area (Å²) in [6, 6.07) is 0.155. The maximum Gasteiger partial charge on any atom is 0.226 e. The number of carbonyl (C=O) groups excluding carboxylic acids is 1. The van der Waals surface area contributed by atoms with Gasteiger partial charge in [-0.05, 0) is 37.2 Å². The summed E-state index contributed by atoms with van der Waals surface area (Å²) in [4.78, 5) is 14.8. The average Bonchev–Trinajstić information content (AvgIpc) is 3.01. The lowest BCUT2D eigenvalue weighted by Crippen LogP contribution is -2.47. The summed E-state index contributed by atoms with van der Waals surface area (Å²) in [5.41, 5.74) is 1.17. The molecule has 2 atom stereocenters. The van der Waals surface area contributed by atoms with Crippen LogP contribution in [0.25, 0.3) is 0 Å². The third-order valence-corrected chi connectivity index (χ3v) is 5.00. The quantitative estimate of drug-likeness (QED) is 0.847. The molecule has 21 heavy (non-hydrogen) atoms. The number of rotatable bonds is 4. The zero-order chi connectivity index (χ0) is 15.0. The van der Waals surface area contributed by atoms with Crippen molar-refractivity contribution in [2.75, 3.05) is 13.7 Å². The van der Waals surface area contributed by atoms with Gasteiger partial charge >= 0.3 is 0 Å². The van der Waals surface area contributed by atoms with Gasteiger partial charge in [-0.1, -0.05) is 6.92 Å². The van der Waals surface area contributed by atoms with E-state index < -0.39 is 0 Å². The topological polar surface area (TPSA) is 47.4 Å². The second-order valence-corrected chi connectivity index (χ2v) is 6.66. The second-order valence-electron chi connectivity index (χ2n) is 6.66. The first-order chi connectivity index (χ1) is 10.1. The molecule has 0 radical (unpaired) electrons. The van der Waals surface area contributed by atoms with Gasteiger partial charge in [0.15, 0.2) is 0 Å². The first-order valence-corrected chi connectivity index (χ1v) is 7.89. The molecule has 0 unspecified atom stereocenters. The Morgan fingerprint density at radius 2 is 2.24 bits per heavy atom. The third kappa shape index (κ3) is 2.84. The van der Waals surface area contributed by atoms with Crippen LogP contribution in [0.1, 0.15) is 31.7 Å². The first-order valence-electron chi connectivity index (χ1n) is 7.89. The van der Waals surface area contributed by atoms with Gasteiger partial charge in [0.25, 0.3) is 0 Å². The van der Waals surface area contributed by atoms with Crippen molar-refractivity contribution >= 4 is 5.91 Å². The number of ether oxygens (including phenoxy) is 1. The molecule has 1 aliphatic carbocycles. The van der Waals surface area contributed by atoms with Crippen LogP contribution in [0.2, 0.25) is 0 Å². The molecule has 2 aliphatic rings. The van der Waals surface area contributed by atoms with Crippen molar-refractivity contribution in [1.82, 2.24) is 14.7 Å². The van der Waals surface area contributed by atoms with Crippen molar-refractivity contribution in [3.05, 3.63) is 18.0 Å². The molecule has 5 nitrogen and oxygen atoms in total. The van der Waals surface area contributed by atoms with Crippen molar-refractivity contribution in [3.63, 3.8) is 0 Å². The molecule has 2 fully saturated rings. The van der Waals surface area contributed by atoms with Gasteiger partial charge in [0.05, 0.1) is 18.3 Å². The van der Waals surface area contributed by atoms with Crippen molar-refractivity contribution in [3.8, 4) is 0 Å². The largest absolute Gasteiger partial charge is 0.379 e. The summed E-state index contributed by atoms with van der Waals surface area (Å²) in [7, 11) is 3.67. The fraction of sp³-hybridized carbons (Fsp3) is 0.750. The first kappa shape index (κ1) is 14.6. The van der Waals surface area contributed by atoms with Crippen molar-refractivity contribution in [1.29, 1.82) is 0 Å². The van der Waals surface area contributed by atoms with Crippen LogP contribution in [0, 0.1) is 11.8 Å². The van der Waals surface area contributed by atoms with Crippen LogP contribution in [-0.2, 0) is 23.0 Å². The fourth-order valence-corrected chi connectivity index (χ4v) is 3.77. The van der Waals surface area contributed by atoms with E-state index in [1.54, 1.807) is 7.11 Å². The van der Waals surface area contributed by atoms with Gasteiger partial charge in [-0.25, -0.2) is 0 Å². The molecule has 0 N–H and O–H groups in total. The summed E-state index contributed by atoms with van der Waals surface area (Å²) >= 11 is 0. The van der Waals surface area contributed by atoms with Crippen LogP contribution in [-0.4, -0.2) is 46.4 Å². The van der Waals surface area contributed by atoms with Crippen LogP contribution in [0.5, 0.6) is 0 Å². The normalized spacial score (nSPS) is 32.2. The third-order valence-electron chi connectivity index (χ3n) is 5.00. The Balaban J connectivity index is 1.71. The predicted octanol–water partition coefficient (Wildman–Crippen LogP) is 1.62. The van der Waals surface area contributed by atoms with E-state index in [0.717, 1.165) is 32.2 Å². The molecule has 2 heterocycles. The summed E-state index contributed by atoms with van der Waals surface area (Å²) in [5.74, 6) is 1.28. The van der Waals surface area contributed by atoms with Crippen molar-refractivity contribution in [2.45, 2.75) is 44.8 Å². The number of nitrogens with zero attached hydrogens (tertiary/aromatic N) is 3. The van der Waals surface area contributed by atoms with Gasteiger partial charge in [0.2, 0.25) is 5.91 Å². The molecular weight excluding hydrogens is 266 g/mol. The number of hydrogen-bond acceptors (Lipinski definition) is 3. The monoisotopic (exact) mass is 291 g/mol. The van der Waals surface area contributed by atoms with Crippen molar-refractivity contribution < 1.29 is 9.53 Å². The lowest BCUT2D eigenvalue weighted by Gasteiger charge is -2.37. The number of amides is 1. The number of methoxy groups -OCH3 is 1. The maximum atomic E-state index is 12.7. The Morgan fingerprint density at radius 3 is 2.81 bits per heavy atom. The Morgan fingerprint density at radius 1 is 1.48 bits per heavy atom. The zero-order valence-corrected chi connectivity index (χ0v) is 13.2. The molecule has 3 rings (SSSR count). The Bertz CT molecular complexity index is 507. The molecule has 0 aromatic carbocycles. The molecule has 0 spiro atoms. The molecule has 1 saturated heterocycles. The van der Waals surface area contributed by atoms with E-state index in [1.165, 1.54) is 5.56 Å². The summed E-state index contributed by atoms with van der Waals surface area (Å²) in [6.45, 7) is 3.05. The van der Waals surface area contributed by atoms with Crippen LogP contribution in [0.15, 0.2) is 12.4 Å². The highest BCUT2D eigenvalue weighted by Gasteiger charge is 2.42. The number of aryl methyl sites for hydroxylation is 1. The van der Waals surface area contributed by atoms with E-state index in [2.05, 4.69) is 16.9 Å². The summed E-state index contributed by atoms with van der Waals surface area (Å²) in [6.07, 6.45) is 7.93. The lowest BCUT2D eigenvalue weighted by molar-refractivity contribution is -0.141. The van der Waals surface area contributed by atoms with E-state index in [0.29, 0.717) is 11.8 Å². The van der Waals surface area contributed by atoms with Gasteiger partial charge in [-0.2, -0.15) is 5.10 Å². The van der Waals surface area contributed by atoms with Gasteiger partial charge < -0.3 is 9.64 Å². The molecule has 5 heteroatoms. The maximum absolute atomic E-state index is 12.7. The predicted molar refractivity (Wildman–Crippen MR) is 79.7 cm³/mol. The molecule has 1 aromatic heterocycles. The zero-order valence-electron chi connectivity index (χ0n) is 13.2. The summed E-state index contributed by atoms with van der Waals surface area (Å²) < 4.78 is 7.43. The van der Waals surface area contributed by atoms with Crippen LogP contribution in [0.3, 0.4) is 0 Å².